The van der Waals surface area contributed by atoms with Gasteiger partial charge in [-0.25, -0.2) is 9.48 Å². The number of tetrazole rings is 1. The van der Waals surface area contributed by atoms with E-state index in [4.69, 9.17) is 27.9 Å². The molecule has 0 atom stereocenters. The number of nitrogens with zero attached hydrogens (tertiary/aromatic N) is 4. The third-order valence-corrected chi connectivity index (χ3v) is 3.27. The lowest BCUT2D eigenvalue weighted by Gasteiger charge is -2.06. The predicted octanol–water partition coefficient (Wildman–Crippen LogP) is 2.75. The Bertz CT molecular complexity index is 615. The molecule has 0 saturated heterocycles. The Kier molecular flexibility index (Phi) is 4.92. The Morgan fingerprint density at radius 3 is 2.85 bits per heavy atom. The molecule has 0 spiro atoms. The summed E-state index contributed by atoms with van der Waals surface area (Å²) in [6, 6.07) is 4.55. The number of carbonyl (C=O) groups excluding carboxylic acids is 1. The molecule has 8 heteroatoms. The van der Waals surface area contributed by atoms with Gasteiger partial charge in [-0.05, 0) is 35.0 Å². The largest absolute Gasteiger partial charge is 0.454 e. The molecule has 1 aromatic heterocycles. The fraction of sp³-hybridized carbons (Fsp3) is 0.333. The van der Waals surface area contributed by atoms with Crippen LogP contribution in [0.4, 0.5) is 0 Å². The van der Waals surface area contributed by atoms with Crippen LogP contribution < -0.4 is 0 Å². The number of hydrogen-bond donors (Lipinski definition) is 0. The van der Waals surface area contributed by atoms with E-state index in [1.807, 2.05) is 6.92 Å². The average molecular weight is 315 g/mol. The molecule has 0 saturated carbocycles. The second-order valence-corrected chi connectivity index (χ2v) is 4.84. The number of aromatic nitrogens is 4. The van der Waals surface area contributed by atoms with Gasteiger partial charge in [-0.15, -0.1) is 5.10 Å². The summed E-state index contributed by atoms with van der Waals surface area (Å²) in [7, 11) is 0. The summed E-state index contributed by atoms with van der Waals surface area (Å²) in [6.07, 6.45) is 0.888. The SMILES string of the molecule is CCCn1nnnc1COC(=O)c1ccc(Cl)c(Cl)c1. The van der Waals surface area contributed by atoms with E-state index in [9.17, 15) is 4.79 Å². The maximum absolute atomic E-state index is 11.9. The molecule has 0 aliphatic carbocycles. The van der Waals surface area contributed by atoms with Crippen LogP contribution in [0.1, 0.15) is 29.5 Å². The number of esters is 1. The minimum absolute atomic E-state index is 0.00603. The molecule has 0 radical (unpaired) electrons. The molecule has 20 heavy (non-hydrogen) atoms. The van der Waals surface area contributed by atoms with Gasteiger partial charge in [0.2, 0.25) is 0 Å². The number of benzene rings is 1. The molecule has 106 valence electrons. The molecule has 0 bridgehead atoms. The second kappa shape index (κ2) is 6.67. The quantitative estimate of drug-likeness (QED) is 0.794. The summed E-state index contributed by atoms with van der Waals surface area (Å²) >= 11 is 11.6. The van der Waals surface area contributed by atoms with Crippen molar-refractivity contribution in [1.82, 2.24) is 20.2 Å². The van der Waals surface area contributed by atoms with E-state index in [-0.39, 0.29) is 6.61 Å². The molecule has 0 N–H and O–H groups in total. The van der Waals surface area contributed by atoms with E-state index in [0.717, 1.165) is 6.42 Å². The van der Waals surface area contributed by atoms with Crippen LogP contribution in [0.2, 0.25) is 10.0 Å². The van der Waals surface area contributed by atoms with Crippen LogP contribution >= 0.6 is 23.2 Å². The highest BCUT2D eigenvalue weighted by molar-refractivity contribution is 6.42. The molecule has 0 amide bonds. The van der Waals surface area contributed by atoms with Crippen molar-refractivity contribution in [2.75, 3.05) is 0 Å². The molecule has 2 aromatic rings. The fourth-order valence-electron chi connectivity index (χ4n) is 1.55. The zero-order valence-corrected chi connectivity index (χ0v) is 12.2. The highest BCUT2D eigenvalue weighted by atomic mass is 35.5. The van der Waals surface area contributed by atoms with E-state index in [1.165, 1.54) is 6.07 Å². The summed E-state index contributed by atoms with van der Waals surface area (Å²) in [4.78, 5) is 11.9. The number of aryl methyl sites for hydroxylation is 1. The first kappa shape index (κ1) is 14.7. The smallest absolute Gasteiger partial charge is 0.338 e. The van der Waals surface area contributed by atoms with Gasteiger partial charge >= 0.3 is 5.97 Å². The maximum atomic E-state index is 11.9. The highest BCUT2D eigenvalue weighted by Crippen LogP contribution is 2.23. The number of halogens is 2. The fourth-order valence-corrected chi connectivity index (χ4v) is 1.85. The summed E-state index contributed by atoms with van der Waals surface area (Å²) in [5.41, 5.74) is 0.328. The van der Waals surface area contributed by atoms with Gasteiger partial charge in [0.1, 0.15) is 0 Å². The van der Waals surface area contributed by atoms with E-state index in [1.54, 1.807) is 16.8 Å². The lowest BCUT2D eigenvalue weighted by molar-refractivity contribution is 0.0456. The van der Waals surface area contributed by atoms with Crippen molar-refractivity contribution >= 4 is 29.2 Å². The number of ether oxygens (including phenoxy) is 1. The molecule has 1 heterocycles. The zero-order valence-electron chi connectivity index (χ0n) is 10.7. The standard InChI is InChI=1S/C12H12Cl2N4O2/c1-2-5-18-11(15-16-17-18)7-20-12(19)8-3-4-9(13)10(14)6-8/h3-4,6H,2,5,7H2,1H3. The number of hydrogen-bond acceptors (Lipinski definition) is 5. The van der Waals surface area contributed by atoms with Crippen LogP contribution in [0.3, 0.4) is 0 Å². The molecule has 2 rings (SSSR count). The van der Waals surface area contributed by atoms with Crippen molar-refractivity contribution in [2.24, 2.45) is 0 Å². The minimum Gasteiger partial charge on any atom is -0.454 e. The van der Waals surface area contributed by atoms with E-state index in [2.05, 4.69) is 15.5 Å². The first-order valence-corrected chi connectivity index (χ1v) is 6.74. The summed E-state index contributed by atoms with van der Waals surface area (Å²) in [5, 5.41) is 11.9. The summed E-state index contributed by atoms with van der Waals surface area (Å²) in [5.74, 6) is -0.00474. The van der Waals surface area contributed by atoms with E-state index in [0.29, 0.717) is 28.0 Å². The van der Waals surface area contributed by atoms with E-state index >= 15 is 0 Å². The van der Waals surface area contributed by atoms with Gasteiger partial charge in [0, 0.05) is 6.54 Å². The molecule has 0 aliphatic rings. The zero-order chi connectivity index (χ0) is 14.5. The van der Waals surface area contributed by atoms with Gasteiger partial charge in [-0.2, -0.15) is 0 Å². The van der Waals surface area contributed by atoms with Gasteiger partial charge in [0.15, 0.2) is 12.4 Å². The van der Waals surface area contributed by atoms with Crippen molar-refractivity contribution in [3.8, 4) is 0 Å². The van der Waals surface area contributed by atoms with Crippen LogP contribution in [-0.4, -0.2) is 26.2 Å². The Balaban J connectivity index is 2.01. The highest BCUT2D eigenvalue weighted by Gasteiger charge is 2.12. The first-order valence-electron chi connectivity index (χ1n) is 5.99. The Morgan fingerprint density at radius 1 is 1.35 bits per heavy atom. The van der Waals surface area contributed by atoms with Crippen molar-refractivity contribution in [3.05, 3.63) is 39.6 Å². The average Bonchev–Trinajstić information content (AvgIpc) is 2.87. The molecule has 6 nitrogen and oxygen atoms in total. The predicted molar refractivity (Wildman–Crippen MR) is 73.7 cm³/mol. The lowest BCUT2D eigenvalue weighted by atomic mass is 10.2. The van der Waals surface area contributed by atoms with Gasteiger partial charge in [0.05, 0.1) is 15.6 Å². The Labute approximate surface area is 125 Å². The topological polar surface area (TPSA) is 69.9 Å². The third-order valence-electron chi connectivity index (χ3n) is 2.53. The number of rotatable bonds is 5. The van der Waals surface area contributed by atoms with Crippen LogP contribution in [0.5, 0.6) is 0 Å². The summed E-state index contributed by atoms with van der Waals surface area (Å²) < 4.78 is 6.75. The molecule has 0 fully saturated rings. The van der Waals surface area contributed by atoms with Gasteiger partial charge < -0.3 is 4.74 Å². The second-order valence-electron chi connectivity index (χ2n) is 4.02. The minimum atomic E-state index is -0.505. The Hall–Kier alpha value is -1.66. The van der Waals surface area contributed by atoms with Crippen molar-refractivity contribution < 1.29 is 9.53 Å². The molecular formula is C12H12Cl2N4O2. The molecular weight excluding hydrogens is 303 g/mol. The van der Waals surface area contributed by atoms with Crippen molar-refractivity contribution in [2.45, 2.75) is 26.5 Å². The molecule has 0 aliphatic heterocycles. The van der Waals surface area contributed by atoms with Crippen LogP contribution in [0.25, 0.3) is 0 Å². The Morgan fingerprint density at radius 2 is 2.15 bits per heavy atom. The lowest BCUT2D eigenvalue weighted by Crippen LogP contribution is -2.11. The molecule has 1 aromatic carbocycles. The van der Waals surface area contributed by atoms with Crippen LogP contribution in [0.15, 0.2) is 18.2 Å². The molecule has 0 unspecified atom stereocenters. The van der Waals surface area contributed by atoms with Crippen molar-refractivity contribution in [3.63, 3.8) is 0 Å². The normalized spacial score (nSPS) is 10.6. The monoisotopic (exact) mass is 314 g/mol. The van der Waals surface area contributed by atoms with Gasteiger partial charge in [-0.3, -0.25) is 0 Å². The third kappa shape index (κ3) is 3.46. The van der Waals surface area contributed by atoms with Crippen LogP contribution in [0, 0.1) is 0 Å². The van der Waals surface area contributed by atoms with Crippen molar-refractivity contribution in [1.29, 1.82) is 0 Å². The van der Waals surface area contributed by atoms with E-state index < -0.39 is 5.97 Å². The maximum Gasteiger partial charge on any atom is 0.338 e. The summed E-state index contributed by atoms with van der Waals surface area (Å²) in [6.45, 7) is 2.69. The van der Waals surface area contributed by atoms with Gasteiger partial charge in [-0.1, -0.05) is 30.1 Å². The first-order chi connectivity index (χ1) is 9.61. The van der Waals surface area contributed by atoms with Gasteiger partial charge in [0.25, 0.3) is 0 Å². The van der Waals surface area contributed by atoms with Crippen LogP contribution in [-0.2, 0) is 17.9 Å². The number of carbonyl (C=O) groups is 1.